The van der Waals surface area contributed by atoms with Gasteiger partial charge >= 0.3 is 0 Å². The lowest BCUT2D eigenvalue weighted by Gasteiger charge is -2.02. The number of amides is 1. The highest BCUT2D eigenvalue weighted by atomic mass is 32.1. The third kappa shape index (κ3) is 2.60. The number of hydroxylamine groups is 1. The largest absolute Gasteiger partial charge is 0.306 e. The molecule has 0 atom stereocenters. The van der Waals surface area contributed by atoms with Crippen molar-refractivity contribution in [2.24, 2.45) is 0 Å². The van der Waals surface area contributed by atoms with Crippen molar-refractivity contribution in [3.8, 4) is 0 Å². The maximum atomic E-state index is 11.1. The van der Waals surface area contributed by atoms with Gasteiger partial charge in [0, 0.05) is 17.2 Å². The Labute approximate surface area is 79.4 Å². The van der Waals surface area contributed by atoms with E-state index in [0.717, 1.165) is 4.57 Å². The normalized spacial score (nSPS) is 9.69. The molecular formula is C7H8N2O3S. The number of pyridine rings is 1. The van der Waals surface area contributed by atoms with Gasteiger partial charge in [-0.15, -0.1) is 12.6 Å². The molecule has 0 fully saturated rings. The van der Waals surface area contributed by atoms with E-state index in [4.69, 9.17) is 5.21 Å². The summed E-state index contributed by atoms with van der Waals surface area (Å²) in [5.41, 5.74) is 1.10. The zero-order valence-corrected chi connectivity index (χ0v) is 7.49. The fraction of sp³-hybridized carbons (Fsp3) is 0.143. The number of rotatable bonds is 2. The molecule has 6 heteroatoms. The van der Waals surface area contributed by atoms with E-state index in [-0.39, 0.29) is 12.1 Å². The number of aromatic nitrogens is 1. The second-order valence-electron chi connectivity index (χ2n) is 2.39. The summed E-state index contributed by atoms with van der Waals surface area (Å²) < 4.78 is 1.16. The van der Waals surface area contributed by atoms with Crippen LogP contribution in [0.25, 0.3) is 0 Å². The van der Waals surface area contributed by atoms with E-state index in [1.165, 1.54) is 17.7 Å². The van der Waals surface area contributed by atoms with Crippen LogP contribution in [0.5, 0.6) is 0 Å². The van der Waals surface area contributed by atoms with Crippen LogP contribution in [0, 0.1) is 0 Å². The number of hydrogen-bond acceptors (Lipinski definition) is 4. The summed E-state index contributed by atoms with van der Waals surface area (Å²) >= 11 is 3.95. The van der Waals surface area contributed by atoms with E-state index in [1.807, 2.05) is 0 Å². The first-order valence-electron chi connectivity index (χ1n) is 3.46. The molecule has 0 radical (unpaired) electrons. The molecule has 5 nitrogen and oxygen atoms in total. The summed E-state index contributed by atoms with van der Waals surface area (Å²) in [4.78, 5) is 22.4. The molecule has 0 saturated carbocycles. The molecule has 0 unspecified atom stereocenters. The van der Waals surface area contributed by atoms with E-state index in [1.54, 1.807) is 6.07 Å². The van der Waals surface area contributed by atoms with Crippen molar-refractivity contribution in [1.29, 1.82) is 0 Å². The quantitative estimate of drug-likeness (QED) is 0.347. The second-order valence-corrected chi connectivity index (χ2v) is 2.90. The van der Waals surface area contributed by atoms with Crippen LogP contribution in [0.2, 0.25) is 0 Å². The van der Waals surface area contributed by atoms with Crippen molar-refractivity contribution in [1.82, 2.24) is 10.0 Å². The van der Waals surface area contributed by atoms with Gasteiger partial charge in [0.25, 0.3) is 11.5 Å². The predicted octanol–water partition coefficient (Wildman–Crippen LogP) is -0.358. The SMILES string of the molecule is O=C(Cn1ccc(S)cc1=O)NO. The lowest BCUT2D eigenvalue weighted by molar-refractivity contribution is -0.129. The smallest absolute Gasteiger partial charge is 0.263 e. The molecule has 1 amide bonds. The molecule has 1 aromatic rings. The van der Waals surface area contributed by atoms with Crippen molar-refractivity contribution in [2.45, 2.75) is 11.4 Å². The van der Waals surface area contributed by atoms with E-state index in [0.29, 0.717) is 4.90 Å². The van der Waals surface area contributed by atoms with Crippen LogP contribution >= 0.6 is 12.6 Å². The highest BCUT2D eigenvalue weighted by Crippen LogP contribution is 1.98. The van der Waals surface area contributed by atoms with Crippen LogP contribution in [0.4, 0.5) is 0 Å². The Bertz CT molecular complexity index is 374. The zero-order valence-electron chi connectivity index (χ0n) is 6.60. The molecule has 0 saturated heterocycles. The van der Waals surface area contributed by atoms with Crippen LogP contribution in [-0.2, 0) is 11.3 Å². The second kappa shape index (κ2) is 4.11. The minimum Gasteiger partial charge on any atom is -0.306 e. The first-order chi connectivity index (χ1) is 6.13. The van der Waals surface area contributed by atoms with Gasteiger partial charge in [0.05, 0.1) is 0 Å². The molecule has 0 aromatic carbocycles. The van der Waals surface area contributed by atoms with E-state index in [2.05, 4.69) is 12.6 Å². The van der Waals surface area contributed by atoms with Crippen LogP contribution < -0.4 is 11.0 Å². The Hall–Kier alpha value is -1.27. The molecule has 70 valence electrons. The lowest BCUT2D eigenvalue weighted by atomic mass is 10.4. The van der Waals surface area contributed by atoms with Gasteiger partial charge in [-0.3, -0.25) is 14.8 Å². The summed E-state index contributed by atoms with van der Waals surface area (Å²) in [6.07, 6.45) is 1.43. The van der Waals surface area contributed by atoms with Gasteiger partial charge in [0.15, 0.2) is 0 Å². The minimum absolute atomic E-state index is 0.205. The molecule has 1 aromatic heterocycles. The van der Waals surface area contributed by atoms with Gasteiger partial charge in [-0.05, 0) is 6.07 Å². The summed E-state index contributed by atoms with van der Waals surface area (Å²) in [5, 5.41) is 8.21. The van der Waals surface area contributed by atoms with Gasteiger partial charge in [0.2, 0.25) is 0 Å². The zero-order chi connectivity index (χ0) is 9.84. The fourth-order valence-electron chi connectivity index (χ4n) is 0.818. The van der Waals surface area contributed by atoms with Crippen molar-refractivity contribution in [3.05, 3.63) is 28.7 Å². The number of hydrogen-bond donors (Lipinski definition) is 3. The number of carbonyl (C=O) groups is 1. The topological polar surface area (TPSA) is 71.3 Å². The number of thiol groups is 1. The van der Waals surface area contributed by atoms with Crippen LogP contribution in [0.3, 0.4) is 0 Å². The van der Waals surface area contributed by atoms with Crippen molar-refractivity contribution in [2.75, 3.05) is 0 Å². The fourth-order valence-corrected chi connectivity index (χ4v) is 0.995. The third-order valence-electron chi connectivity index (χ3n) is 1.42. The first kappa shape index (κ1) is 9.82. The Morgan fingerprint density at radius 1 is 1.69 bits per heavy atom. The summed E-state index contributed by atoms with van der Waals surface area (Å²) in [7, 11) is 0. The maximum absolute atomic E-state index is 11.1. The first-order valence-corrected chi connectivity index (χ1v) is 3.90. The number of nitrogens with one attached hydrogen (secondary N) is 1. The van der Waals surface area contributed by atoms with E-state index >= 15 is 0 Å². The standard InChI is InChI=1S/C7H8N2O3S/c10-6(8-12)4-9-2-1-5(13)3-7(9)11/h1-3,12-13H,4H2,(H,8,10). The molecule has 1 rings (SSSR count). The Balaban J connectivity index is 2.90. The summed E-state index contributed by atoms with van der Waals surface area (Å²) in [6.45, 7) is -0.205. The molecule has 0 bridgehead atoms. The molecule has 0 spiro atoms. The Kier molecular flexibility index (Phi) is 3.10. The maximum Gasteiger partial charge on any atom is 0.263 e. The highest BCUT2D eigenvalue weighted by molar-refractivity contribution is 7.80. The Morgan fingerprint density at radius 3 is 2.92 bits per heavy atom. The molecule has 13 heavy (non-hydrogen) atoms. The lowest BCUT2D eigenvalue weighted by Crippen LogP contribution is -2.29. The predicted molar refractivity (Wildman–Crippen MR) is 47.9 cm³/mol. The third-order valence-corrected chi connectivity index (χ3v) is 1.70. The van der Waals surface area contributed by atoms with E-state index < -0.39 is 5.91 Å². The van der Waals surface area contributed by atoms with Crippen LogP contribution in [0.15, 0.2) is 28.0 Å². The van der Waals surface area contributed by atoms with Gasteiger partial charge < -0.3 is 4.57 Å². The minimum atomic E-state index is -0.644. The van der Waals surface area contributed by atoms with Crippen molar-refractivity contribution >= 4 is 18.5 Å². The molecule has 0 aliphatic heterocycles. The number of nitrogens with zero attached hydrogens (tertiary/aromatic N) is 1. The number of carbonyl (C=O) groups excluding carboxylic acids is 1. The van der Waals surface area contributed by atoms with Crippen molar-refractivity contribution in [3.63, 3.8) is 0 Å². The molecule has 1 heterocycles. The van der Waals surface area contributed by atoms with Crippen LogP contribution in [0.1, 0.15) is 0 Å². The van der Waals surface area contributed by atoms with E-state index in [9.17, 15) is 9.59 Å². The molecule has 2 N–H and O–H groups in total. The molecular weight excluding hydrogens is 192 g/mol. The van der Waals surface area contributed by atoms with Crippen molar-refractivity contribution < 1.29 is 10.0 Å². The van der Waals surface area contributed by atoms with Gasteiger partial charge in [-0.25, -0.2) is 5.48 Å². The Morgan fingerprint density at radius 2 is 2.38 bits per heavy atom. The van der Waals surface area contributed by atoms with Crippen LogP contribution in [-0.4, -0.2) is 15.7 Å². The average Bonchev–Trinajstić information content (AvgIpc) is 2.09. The molecule has 0 aliphatic rings. The van der Waals surface area contributed by atoms with Gasteiger partial charge in [-0.2, -0.15) is 0 Å². The average molecular weight is 200 g/mol. The summed E-state index contributed by atoms with van der Waals surface area (Å²) in [5.74, 6) is -0.644. The molecule has 0 aliphatic carbocycles. The van der Waals surface area contributed by atoms with Gasteiger partial charge in [-0.1, -0.05) is 0 Å². The monoisotopic (exact) mass is 200 g/mol. The van der Waals surface area contributed by atoms with Gasteiger partial charge in [0.1, 0.15) is 6.54 Å². The summed E-state index contributed by atoms with van der Waals surface area (Å²) in [6, 6.07) is 2.86. The highest BCUT2D eigenvalue weighted by Gasteiger charge is 2.01.